The highest BCUT2D eigenvalue weighted by molar-refractivity contribution is 8.22. The molecule has 0 saturated carbocycles. The lowest BCUT2D eigenvalue weighted by molar-refractivity contribution is -0.385. The molecule has 0 spiro atoms. The Bertz CT molecular complexity index is 1110. The van der Waals surface area contributed by atoms with Gasteiger partial charge in [0, 0.05) is 24.3 Å². The number of nitro benzene ring substituents is 2. The SMILES string of the molecule is O=C(/C=C/c1cccc([N+](=O)[O-])c1)C(C(=O)/C=C/c1cccc([N+](=O)[O-])c1)=C1SCCCS1. The fraction of sp³-hybridized carbons (Fsp3) is 0.130. The third kappa shape index (κ3) is 6.74. The predicted molar refractivity (Wildman–Crippen MR) is 131 cm³/mol. The molecule has 2 aromatic carbocycles. The maximum absolute atomic E-state index is 13.0. The highest BCUT2D eigenvalue weighted by atomic mass is 32.2. The Balaban J connectivity index is 1.87. The summed E-state index contributed by atoms with van der Waals surface area (Å²) in [4.78, 5) is 46.8. The van der Waals surface area contributed by atoms with Crippen LogP contribution in [0.25, 0.3) is 12.2 Å². The van der Waals surface area contributed by atoms with Crippen LogP contribution < -0.4 is 0 Å². The highest BCUT2D eigenvalue weighted by Gasteiger charge is 2.22. The smallest absolute Gasteiger partial charge is 0.270 e. The largest absolute Gasteiger partial charge is 0.289 e. The first-order valence-electron chi connectivity index (χ1n) is 9.79. The van der Waals surface area contributed by atoms with Gasteiger partial charge < -0.3 is 0 Å². The van der Waals surface area contributed by atoms with Crippen LogP contribution >= 0.6 is 23.5 Å². The zero-order valence-electron chi connectivity index (χ0n) is 17.2. The van der Waals surface area contributed by atoms with Crippen LogP contribution in [-0.4, -0.2) is 32.9 Å². The third-order valence-corrected chi connectivity index (χ3v) is 7.09. The van der Waals surface area contributed by atoms with E-state index in [1.165, 1.54) is 84.2 Å². The molecule has 1 fully saturated rings. The molecular formula is C23H18N2O6S2. The van der Waals surface area contributed by atoms with Gasteiger partial charge in [-0.25, -0.2) is 0 Å². The quantitative estimate of drug-likeness (QED) is 0.160. The predicted octanol–water partition coefficient (Wildman–Crippen LogP) is 5.45. The number of benzene rings is 2. The van der Waals surface area contributed by atoms with Gasteiger partial charge in [-0.2, -0.15) is 0 Å². The van der Waals surface area contributed by atoms with Gasteiger partial charge in [0.2, 0.25) is 0 Å². The highest BCUT2D eigenvalue weighted by Crippen LogP contribution is 2.38. The van der Waals surface area contributed by atoms with Crippen LogP contribution in [0.3, 0.4) is 0 Å². The van der Waals surface area contributed by atoms with E-state index in [9.17, 15) is 29.8 Å². The van der Waals surface area contributed by atoms with E-state index in [1.54, 1.807) is 12.1 Å². The van der Waals surface area contributed by atoms with Crippen molar-refractivity contribution in [2.24, 2.45) is 0 Å². The molecule has 0 amide bonds. The van der Waals surface area contributed by atoms with E-state index in [0.29, 0.717) is 15.4 Å². The van der Waals surface area contributed by atoms with Crippen LogP contribution in [0.2, 0.25) is 0 Å². The molecular weight excluding hydrogens is 464 g/mol. The second-order valence-electron chi connectivity index (χ2n) is 6.81. The minimum absolute atomic E-state index is 0.0214. The van der Waals surface area contributed by atoms with E-state index < -0.39 is 21.4 Å². The Hall–Kier alpha value is -3.50. The molecule has 33 heavy (non-hydrogen) atoms. The van der Waals surface area contributed by atoms with Crippen LogP contribution in [0.15, 0.2) is 70.5 Å². The van der Waals surface area contributed by atoms with Gasteiger partial charge in [-0.05, 0) is 41.2 Å². The topological polar surface area (TPSA) is 120 Å². The van der Waals surface area contributed by atoms with E-state index in [-0.39, 0.29) is 16.9 Å². The van der Waals surface area contributed by atoms with Crippen molar-refractivity contribution in [3.8, 4) is 0 Å². The van der Waals surface area contributed by atoms with Gasteiger partial charge in [0.25, 0.3) is 11.4 Å². The minimum atomic E-state index is -0.524. The summed E-state index contributed by atoms with van der Waals surface area (Å²) < 4.78 is 0.628. The van der Waals surface area contributed by atoms with Gasteiger partial charge in [-0.1, -0.05) is 36.4 Å². The molecule has 1 aliphatic rings. The van der Waals surface area contributed by atoms with E-state index in [2.05, 4.69) is 0 Å². The summed E-state index contributed by atoms with van der Waals surface area (Å²) in [6.07, 6.45) is 6.30. The zero-order chi connectivity index (χ0) is 23.8. The van der Waals surface area contributed by atoms with Gasteiger partial charge in [0.1, 0.15) is 0 Å². The number of non-ortho nitro benzene ring substituents is 2. The van der Waals surface area contributed by atoms with Gasteiger partial charge in [-0.15, -0.1) is 23.5 Å². The Morgan fingerprint density at radius 3 is 1.67 bits per heavy atom. The number of nitrogens with zero attached hydrogens (tertiary/aromatic N) is 2. The van der Waals surface area contributed by atoms with Crippen molar-refractivity contribution in [1.29, 1.82) is 0 Å². The summed E-state index contributed by atoms with van der Waals surface area (Å²) >= 11 is 2.88. The number of carbonyl (C=O) groups excluding carboxylic acids is 2. The Morgan fingerprint density at radius 2 is 1.24 bits per heavy atom. The lowest BCUT2D eigenvalue weighted by Crippen LogP contribution is -2.12. The fourth-order valence-corrected chi connectivity index (χ4v) is 5.55. The normalized spacial score (nSPS) is 13.9. The molecule has 3 rings (SSSR count). The first-order chi connectivity index (χ1) is 15.8. The molecule has 0 atom stereocenters. The molecule has 1 aliphatic heterocycles. The van der Waals surface area contributed by atoms with Crippen LogP contribution in [-0.2, 0) is 9.59 Å². The fourth-order valence-electron chi connectivity index (χ4n) is 2.89. The second-order valence-corrected chi connectivity index (χ2v) is 9.28. The van der Waals surface area contributed by atoms with Crippen molar-refractivity contribution in [3.05, 3.63) is 102 Å². The van der Waals surface area contributed by atoms with E-state index >= 15 is 0 Å². The zero-order valence-corrected chi connectivity index (χ0v) is 18.8. The summed E-state index contributed by atoms with van der Waals surface area (Å²) in [6, 6.07) is 11.7. The van der Waals surface area contributed by atoms with Crippen LogP contribution in [0.5, 0.6) is 0 Å². The number of carbonyl (C=O) groups is 2. The summed E-state index contributed by atoms with van der Waals surface area (Å²) in [6.45, 7) is 0. The summed E-state index contributed by atoms with van der Waals surface area (Å²) in [7, 11) is 0. The van der Waals surface area contributed by atoms with Crippen molar-refractivity contribution >= 4 is 58.6 Å². The standard InChI is InChI=1S/C23H18N2O6S2/c26-20(10-8-16-4-1-6-18(14-16)24(28)29)22(23-32-12-3-13-33-23)21(27)11-9-17-5-2-7-19(15-17)25(30)31/h1-2,4-11,14-15H,3,12-13H2/b10-8+,11-9+. The van der Waals surface area contributed by atoms with Gasteiger partial charge in [0.15, 0.2) is 11.6 Å². The Kier molecular flexibility index (Phi) is 8.34. The van der Waals surface area contributed by atoms with Crippen LogP contribution in [0.4, 0.5) is 11.4 Å². The summed E-state index contributed by atoms with van der Waals surface area (Å²) in [5.41, 5.74) is 0.749. The monoisotopic (exact) mass is 482 g/mol. The number of hydrogen-bond acceptors (Lipinski definition) is 8. The molecule has 0 N–H and O–H groups in total. The molecule has 0 aromatic heterocycles. The summed E-state index contributed by atoms with van der Waals surface area (Å²) in [5, 5.41) is 21.9. The number of allylic oxidation sites excluding steroid dienone is 3. The number of ketones is 2. The maximum atomic E-state index is 13.0. The van der Waals surface area contributed by atoms with Crippen LogP contribution in [0.1, 0.15) is 17.5 Å². The Labute approximate surface area is 197 Å². The van der Waals surface area contributed by atoms with Crippen LogP contribution in [0, 0.1) is 20.2 Å². The van der Waals surface area contributed by atoms with Gasteiger partial charge in [0.05, 0.1) is 19.7 Å². The first-order valence-corrected chi connectivity index (χ1v) is 11.8. The third-order valence-electron chi connectivity index (χ3n) is 4.47. The summed E-state index contributed by atoms with van der Waals surface area (Å²) in [5.74, 6) is 0.560. The first kappa shape index (κ1) is 24.1. The number of nitro groups is 2. The molecule has 0 unspecified atom stereocenters. The van der Waals surface area contributed by atoms with E-state index in [0.717, 1.165) is 17.9 Å². The average molecular weight is 483 g/mol. The number of rotatable bonds is 8. The van der Waals surface area contributed by atoms with Gasteiger partial charge >= 0.3 is 0 Å². The lowest BCUT2D eigenvalue weighted by atomic mass is 10.1. The van der Waals surface area contributed by atoms with Crippen molar-refractivity contribution < 1.29 is 19.4 Å². The molecule has 1 heterocycles. The van der Waals surface area contributed by atoms with Crippen molar-refractivity contribution in [2.75, 3.05) is 11.5 Å². The van der Waals surface area contributed by atoms with Crippen molar-refractivity contribution in [1.82, 2.24) is 0 Å². The van der Waals surface area contributed by atoms with E-state index in [1.807, 2.05) is 0 Å². The number of thioether (sulfide) groups is 2. The molecule has 0 aliphatic carbocycles. The van der Waals surface area contributed by atoms with Crippen molar-refractivity contribution in [2.45, 2.75) is 6.42 Å². The van der Waals surface area contributed by atoms with Gasteiger partial charge in [-0.3, -0.25) is 29.8 Å². The molecule has 168 valence electrons. The molecule has 0 bridgehead atoms. The molecule has 0 radical (unpaired) electrons. The molecule has 10 heteroatoms. The average Bonchev–Trinajstić information content (AvgIpc) is 2.82. The maximum Gasteiger partial charge on any atom is 0.270 e. The van der Waals surface area contributed by atoms with Crippen molar-refractivity contribution in [3.63, 3.8) is 0 Å². The molecule has 1 saturated heterocycles. The molecule has 2 aromatic rings. The second kappa shape index (κ2) is 11.4. The Morgan fingerprint density at radius 1 is 0.788 bits per heavy atom. The number of hydrogen-bond donors (Lipinski definition) is 0. The van der Waals surface area contributed by atoms with E-state index in [4.69, 9.17) is 0 Å². The minimum Gasteiger partial charge on any atom is -0.289 e. The molecule has 8 nitrogen and oxygen atoms in total. The lowest BCUT2D eigenvalue weighted by Gasteiger charge is -2.15.